The van der Waals surface area contributed by atoms with Gasteiger partial charge in [0.05, 0.1) is 16.8 Å². The fourth-order valence-corrected chi connectivity index (χ4v) is 4.57. The number of halogens is 1. The Kier molecular flexibility index (Phi) is 5.18. The van der Waals surface area contributed by atoms with Gasteiger partial charge in [-0.25, -0.2) is 14.4 Å². The van der Waals surface area contributed by atoms with Crippen LogP contribution in [0.15, 0.2) is 30.6 Å². The van der Waals surface area contributed by atoms with Crippen LogP contribution in [0.2, 0.25) is 0 Å². The molecule has 1 aliphatic rings. The molecule has 1 amide bonds. The molecule has 3 aromatic rings. The fraction of sp³-hybridized carbons (Fsp3) is 0.421. The van der Waals surface area contributed by atoms with Gasteiger partial charge in [0, 0.05) is 31.4 Å². The van der Waals surface area contributed by atoms with Crippen molar-refractivity contribution < 1.29 is 9.18 Å². The minimum absolute atomic E-state index is 0.0866. The van der Waals surface area contributed by atoms with Crippen molar-refractivity contribution in [1.29, 1.82) is 0 Å². The number of fused-ring (bicyclic) bond motifs is 1. The maximum Gasteiger partial charge on any atom is 0.240 e. The third-order valence-electron chi connectivity index (χ3n) is 4.90. The van der Waals surface area contributed by atoms with Gasteiger partial charge < -0.3 is 9.88 Å². The molecule has 4 rings (SSSR count). The number of hydrogen-bond donors (Lipinski definition) is 1. The third kappa shape index (κ3) is 4.01. The second-order valence-corrected chi connectivity index (χ2v) is 7.85. The predicted octanol–water partition coefficient (Wildman–Crippen LogP) is 3.47. The van der Waals surface area contributed by atoms with Gasteiger partial charge in [-0.15, -0.1) is 0 Å². The molecule has 142 valence electrons. The van der Waals surface area contributed by atoms with Gasteiger partial charge in [0.2, 0.25) is 5.91 Å². The van der Waals surface area contributed by atoms with Crippen LogP contribution in [-0.2, 0) is 11.2 Å². The van der Waals surface area contributed by atoms with E-state index in [9.17, 15) is 9.18 Å². The van der Waals surface area contributed by atoms with E-state index in [0.717, 1.165) is 42.9 Å². The molecular weight excluding hydrogens is 365 g/mol. The van der Waals surface area contributed by atoms with E-state index in [2.05, 4.69) is 31.7 Å². The van der Waals surface area contributed by atoms with Gasteiger partial charge in [-0.1, -0.05) is 18.3 Å². The second kappa shape index (κ2) is 7.74. The average molecular weight is 387 g/mol. The van der Waals surface area contributed by atoms with Crippen molar-refractivity contribution in [3.63, 3.8) is 0 Å². The Balaban J connectivity index is 1.38. The highest BCUT2D eigenvalue weighted by Crippen LogP contribution is 2.27. The third-order valence-corrected chi connectivity index (χ3v) is 5.84. The maximum atomic E-state index is 13.3. The summed E-state index contributed by atoms with van der Waals surface area (Å²) in [7, 11) is 0. The van der Waals surface area contributed by atoms with Gasteiger partial charge in [-0.05, 0) is 37.6 Å². The fourth-order valence-electron chi connectivity index (χ4n) is 3.67. The Morgan fingerprint density at radius 3 is 3.19 bits per heavy atom. The van der Waals surface area contributed by atoms with Crippen molar-refractivity contribution in [3.8, 4) is 0 Å². The molecule has 1 saturated heterocycles. The van der Waals surface area contributed by atoms with Crippen molar-refractivity contribution in [1.82, 2.24) is 19.4 Å². The van der Waals surface area contributed by atoms with Crippen molar-refractivity contribution in [2.24, 2.45) is 0 Å². The van der Waals surface area contributed by atoms with Crippen molar-refractivity contribution in [2.75, 3.05) is 25.0 Å². The Labute approximate surface area is 161 Å². The summed E-state index contributed by atoms with van der Waals surface area (Å²) >= 11 is 1.29. The monoisotopic (exact) mass is 387 g/mol. The summed E-state index contributed by atoms with van der Waals surface area (Å²) in [5, 5.41) is 3.37. The van der Waals surface area contributed by atoms with Gasteiger partial charge in [0.25, 0.3) is 0 Å². The number of benzene rings is 1. The normalized spacial score (nSPS) is 18.1. The molecule has 0 bridgehead atoms. The van der Waals surface area contributed by atoms with Crippen LogP contribution < -0.4 is 5.32 Å². The number of anilines is 1. The molecule has 0 saturated carbocycles. The van der Waals surface area contributed by atoms with Crippen LogP contribution in [-0.4, -0.2) is 45.0 Å². The van der Waals surface area contributed by atoms with E-state index in [0.29, 0.717) is 23.2 Å². The number of nitrogens with one attached hydrogen (secondary N) is 1. The highest BCUT2D eigenvalue weighted by molar-refractivity contribution is 7.22. The summed E-state index contributed by atoms with van der Waals surface area (Å²) in [6.07, 6.45) is 6.95. The Morgan fingerprint density at radius 1 is 1.44 bits per heavy atom. The lowest BCUT2D eigenvalue weighted by Gasteiger charge is -2.33. The molecule has 0 aliphatic carbocycles. The van der Waals surface area contributed by atoms with Crippen LogP contribution in [0.5, 0.6) is 0 Å². The number of aryl methyl sites for hydroxylation is 1. The Hall–Kier alpha value is -2.32. The standard InChI is InChI=1S/C19H22FN5OS/c1-2-17-21-7-9-25(17)14-4-3-8-24(11-14)12-18(26)23-19-22-15-6-5-13(20)10-16(15)27-19/h5-7,9-10,14H,2-4,8,11-12H2,1H3,(H,22,23,26). The van der Waals surface area contributed by atoms with Gasteiger partial charge in [-0.3, -0.25) is 9.69 Å². The largest absolute Gasteiger partial charge is 0.331 e. The number of amides is 1. The Bertz CT molecular complexity index is 953. The zero-order chi connectivity index (χ0) is 18.8. The summed E-state index contributed by atoms with van der Waals surface area (Å²) in [6, 6.07) is 4.80. The molecule has 0 radical (unpaired) electrons. The van der Waals surface area contributed by atoms with E-state index in [1.54, 1.807) is 6.07 Å². The lowest BCUT2D eigenvalue weighted by Crippen LogP contribution is -2.41. The molecule has 1 fully saturated rings. The summed E-state index contributed by atoms with van der Waals surface area (Å²) < 4.78 is 16.3. The van der Waals surface area contributed by atoms with Gasteiger partial charge in [0.15, 0.2) is 5.13 Å². The van der Waals surface area contributed by atoms with E-state index in [-0.39, 0.29) is 11.7 Å². The number of thiazole rings is 1. The Morgan fingerprint density at radius 2 is 2.33 bits per heavy atom. The van der Waals surface area contributed by atoms with Crippen molar-refractivity contribution in [3.05, 3.63) is 42.2 Å². The summed E-state index contributed by atoms with van der Waals surface area (Å²) in [4.78, 5) is 23.4. The number of aromatic nitrogens is 3. The van der Waals surface area contributed by atoms with Crippen LogP contribution in [0.25, 0.3) is 10.2 Å². The summed E-state index contributed by atoms with van der Waals surface area (Å²) in [5.74, 6) is 0.707. The first-order valence-electron chi connectivity index (χ1n) is 9.22. The zero-order valence-corrected chi connectivity index (χ0v) is 16.0. The molecule has 8 heteroatoms. The highest BCUT2D eigenvalue weighted by Gasteiger charge is 2.24. The predicted molar refractivity (Wildman–Crippen MR) is 105 cm³/mol. The van der Waals surface area contributed by atoms with Gasteiger partial charge >= 0.3 is 0 Å². The van der Waals surface area contributed by atoms with Crippen LogP contribution in [0.4, 0.5) is 9.52 Å². The first kappa shape index (κ1) is 18.1. The first-order chi connectivity index (χ1) is 13.1. The molecule has 0 spiro atoms. The van der Waals surface area contributed by atoms with Crippen molar-refractivity contribution >= 4 is 32.6 Å². The highest BCUT2D eigenvalue weighted by atomic mass is 32.1. The number of likely N-dealkylation sites (tertiary alicyclic amines) is 1. The number of carbonyl (C=O) groups excluding carboxylic acids is 1. The molecule has 1 N–H and O–H groups in total. The summed E-state index contributed by atoms with van der Waals surface area (Å²) in [6.45, 7) is 4.18. The molecule has 1 aliphatic heterocycles. The van der Waals surface area contributed by atoms with Crippen LogP contribution in [0, 0.1) is 5.82 Å². The maximum absolute atomic E-state index is 13.3. The van der Waals surface area contributed by atoms with E-state index in [4.69, 9.17) is 0 Å². The number of hydrogen-bond acceptors (Lipinski definition) is 5. The van der Waals surface area contributed by atoms with Crippen molar-refractivity contribution in [2.45, 2.75) is 32.2 Å². The molecule has 1 atom stereocenters. The number of imidazole rings is 1. The number of piperidine rings is 1. The summed E-state index contributed by atoms with van der Waals surface area (Å²) in [5.41, 5.74) is 0.696. The molecule has 2 aromatic heterocycles. The van der Waals surface area contributed by atoms with E-state index >= 15 is 0 Å². The van der Waals surface area contributed by atoms with Gasteiger partial charge in [-0.2, -0.15) is 0 Å². The van der Waals surface area contributed by atoms with Crippen LogP contribution in [0.3, 0.4) is 0 Å². The average Bonchev–Trinajstić information content (AvgIpc) is 3.27. The minimum Gasteiger partial charge on any atom is -0.331 e. The number of carbonyl (C=O) groups is 1. The molecule has 1 unspecified atom stereocenters. The number of nitrogens with zero attached hydrogens (tertiary/aromatic N) is 4. The molecule has 1 aromatic carbocycles. The molecule has 3 heterocycles. The van der Waals surface area contributed by atoms with E-state index in [1.807, 2.05) is 12.4 Å². The molecule has 6 nitrogen and oxygen atoms in total. The van der Waals surface area contributed by atoms with Crippen LogP contribution >= 0.6 is 11.3 Å². The van der Waals surface area contributed by atoms with E-state index in [1.165, 1.54) is 23.5 Å². The first-order valence-corrected chi connectivity index (χ1v) is 10.0. The van der Waals surface area contributed by atoms with Gasteiger partial charge in [0.1, 0.15) is 11.6 Å². The number of rotatable bonds is 5. The lowest BCUT2D eigenvalue weighted by atomic mass is 10.1. The quantitative estimate of drug-likeness (QED) is 0.728. The smallest absolute Gasteiger partial charge is 0.240 e. The molecular formula is C19H22FN5OS. The SMILES string of the molecule is CCc1nccn1C1CCCN(CC(=O)Nc2nc3ccc(F)cc3s2)C1. The zero-order valence-electron chi connectivity index (χ0n) is 15.2. The second-order valence-electron chi connectivity index (χ2n) is 6.81. The topological polar surface area (TPSA) is 63.1 Å². The minimum atomic E-state index is -0.297. The molecule has 27 heavy (non-hydrogen) atoms. The lowest BCUT2D eigenvalue weighted by molar-refractivity contribution is -0.117. The van der Waals surface area contributed by atoms with Crippen LogP contribution in [0.1, 0.15) is 31.6 Å². The van der Waals surface area contributed by atoms with E-state index < -0.39 is 0 Å².